The quantitative estimate of drug-likeness (QED) is 0.331. The SMILES string of the molecule is CCOC(=O)c1cc(Oc2ccc(Cl)c(C(C)C(O)(c3c[nH]c(=O)c(C)c3)C(F)(F)F)c2)ccc1Cl. The molecular formula is C25H22Cl2F3NO5. The number of aliphatic hydroxyl groups is 1. The number of benzene rings is 2. The van der Waals surface area contributed by atoms with Crippen LogP contribution in [0.25, 0.3) is 0 Å². The van der Waals surface area contributed by atoms with Gasteiger partial charge in [-0.05, 0) is 61.9 Å². The van der Waals surface area contributed by atoms with Gasteiger partial charge in [-0.25, -0.2) is 4.79 Å². The molecule has 192 valence electrons. The molecule has 0 saturated heterocycles. The average Bonchev–Trinajstić information content (AvgIpc) is 2.81. The Kier molecular flexibility index (Phi) is 8.07. The zero-order valence-corrected chi connectivity index (χ0v) is 20.9. The number of pyridine rings is 1. The van der Waals surface area contributed by atoms with Crippen LogP contribution in [0.5, 0.6) is 11.5 Å². The van der Waals surface area contributed by atoms with Crippen molar-refractivity contribution < 1.29 is 32.5 Å². The molecule has 0 aliphatic rings. The summed E-state index contributed by atoms with van der Waals surface area (Å²) in [6.45, 7) is 4.27. The number of aryl methyl sites for hydroxylation is 1. The molecule has 2 N–H and O–H groups in total. The van der Waals surface area contributed by atoms with Gasteiger partial charge in [0.25, 0.3) is 5.56 Å². The first-order valence-electron chi connectivity index (χ1n) is 10.7. The van der Waals surface area contributed by atoms with Gasteiger partial charge in [0.1, 0.15) is 11.5 Å². The molecule has 2 aromatic carbocycles. The minimum atomic E-state index is -5.12. The maximum absolute atomic E-state index is 14.3. The molecule has 0 fully saturated rings. The van der Waals surface area contributed by atoms with Gasteiger partial charge in [0.2, 0.25) is 0 Å². The number of halogens is 5. The third kappa shape index (κ3) is 5.38. The lowest BCUT2D eigenvalue weighted by molar-refractivity contribution is -0.274. The highest BCUT2D eigenvalue weighted by molar-refractivity contribution is 6.33. The van der Waals surface area contributed by atoms with Gasteiger partial charge < -0.3 is 19.6 Å². The summed E-state index contributed by atoms with van der Waals surface area (Å²) in [6.07, 6.45) is -4.29. The van der Waals surface area contributed by atoms with Crippen LogP contribution >= 0.6 is 23.2 Å². The van der Waals surface area contributed by atoms with Crippen LogP contribution in [0.15, 0.2) is 53.5 Å². The van der Waals surface area contributed by atoms with Gasteiger partial charge in [0.05, 0.1) is 17.2 Å². The number of aromatic amines is 1. The Morgan fingerprint density at radius 3 is 2.28 bits per heavy atom. The topological polar surface area (TPSA) is 88.6 Å². The van der Waals surface area contributed by atoms with E-state index in [0.717, 1.165) is 12.3 Å². The van der Waals surface area contributed by atoms with Crippen molar-refractivity contribution in [3.05, 3.63) is 91.3 Å². The molecule has 36 heavy (non-hydrogen) atoms. The van der Waals surface area contributed by atoms with Gasteiger partial charge in [0.15, 0.2) is 5.60 Å². The molecule has 0 saturated carbocycles. The highest BCUT2D eigenvalue weighted by atomic mass is 35.5. The molecule has 2 atom stereocenters. The van der Waals surface area contributed by atoms with Crippen LogP contribution < -0.4 is 10.3 Å². The molecule has 1 aromatic heterocycles. The van der Waals surface area contributed by atoms with E-state index in [1.807, 2.05) is 0 Å². The largest absolute Gasteiger partial charge is 0.462 e. The summed E-state index contributed by atoms with van der Waals surface area (Å²) in [7, 11) is 0. The third-order valence-corrected chi connectivity index (χ3v) is 6.36. The Morgan fingerprint density at radius 2 is 1.69 bits per heavy atom. The van der Waals surface area contributed by atoms with E-state index in [0.29, 0.717) is 0 Å². The predicted octanol–water partition coefficient (Wildman–Crippen LogP) is 6.51. The summed E-state index contributed by atoms with van der Waals surface area (Å²) in [5.41, 5.74) is -4.50. The number of ether oxygens (including phenoxy) is 2. The van der Waals surface area contributed by atoms with Crippen LogP contribution in [-0.4, -0.2) is 28.8 Å². The maximum Gasteiger partial charge on any atom is 0.422 e. The monoisotopic (exact) mass is 543 g/mol. The lowest BCUT2D eigenvalue weighted by Crippen LogP contribution is -2.47. The lowest BCUT2D eigenvalue weighted by Gasteiger charge is -2.37. The Hall–Kier alpha value is -3.01. The molecule has 0 amide bonds. The molecule has 0 aliphatic carbocycles. The minimum Gasteiger partial charge on any atom is -0.462 e. The van der Waals surface area contributed by atoms with Gasteiger partial charge in [-0.2, -0.15) is 13.2 Å². The van der Waals surface area contributed by atoms with Gasteiger partial charge in [0, 0.05) is 28.3 Å². The number of hydrogen-bond acceptors (Lipinski definition) is 5. The first-order chi connectivity index (χ1) is 16.8. The molecule has 6 nitrogen and oxygen atoms in total. The molecule has 3 aromatic rings. The van der Waals surface area contributed by atoms with E-state index in [1.54, 1.807) is 6.92 Å². The molecule has 2 unspecified atom stereocenters. The summed E-state index contributed by atoms with van der Waals surface area (Å²) >= 11 is 12.3. The Labute approximate surface area is 214 Å². The highest BCUT2D eigenvalue weighted by Crippen LogP contribution is 2.50. The van der Waals surface area contributed by atoms with Crippen molar-refractivity contribution in [1.29, 1.82) is 0 Å². The highest BCUT2D eigenvalue weighted by Gasteiger charge is 2.59. The minimum absolute atomic E-state index is 0.00528. The summed E-state index contributed by atoms with van der Waals surface area (Å²) in [5.74, 6) is -2.00. The van der Waals surface area contributed by atoms with Crippen LogP contribution in [-0.2, 0) is 10.3 Å². The van der Waals surface area contributed by atoms with Crippen molar-refractivity contribution in [1.82, 2.24) is 4.98 Å². The molecule has 0 spiro atoms. The fraction of sp³-hybridized carbons (Fsp3) is 0.280. The van der Waals surface area contributed by atoms with Crippen molar-refractivity contribution in [3.8, 4) is 11.5 Å². The second-order valence-electron chi connectivity index (χ2n) is 8.03. The van der Waals surface area contributed by atoms with E-state index >= 15 is 0 Å². The van der Waals surface area contributed by atoms with E-state index in [9.17, 15) is 27.9 Å². The molecule has 0 bridgehead atoms. The summed E-state index contributed by atoms with van der Waals surface area (Å²) in [6, 6.07) is 9.24. The number of H-pyrrole nitrogens is 1. The van der Waals surface area contributed by atoms with Crippen molar-refractivity contribution in [2.75, 3.05) is 6.61 Å². The fourth-order valence-corrected chi connectivity index (χ4v) is 4.16. The molecular weight excluding hydrogens is 522 g/mol. The third-order valence-electron chi connectivity index (χ3n) is 5.69. The number of hydrogen-bond donors (Lipinski definition) is 2. The number of carbonyl (C=O) groups is 1. The Bertz CT molecular complexity index is 1340. The second kappa shape index (κ2) is 10.5. The Morgan fingerprint density at radius 1 is 1.08 bits per heavy atom. The first kappa shape index (κ1) is 27.6. The van der Waals surface area contributed by atoms with E-state index in [2.05, 4.69) is 4.98 Å². The molecule has 3 rings (SSSR count). The van der Waals surface area contributed by atoms with Crippen molar-refractivity contribution in [2.24, 2.45) is 0 Å². The molecule has 11 heteroatoms. The van der Waals surface area contributed by atoms with Crippen LogP contribution in [0.4, 0.5) is 13.2 Å². The van der Waals surface area contributed by atoms with E-state index in [1.165, 1.54) is 50.2 Å². The standard InChI is InChI=1S/C25H22Cl2F3NO5/c1-4-35-23(33)19-11-17(6-8-21(19)27)36-16-5-7-20(26)18(10-16)14(3)24(34,25(28,29)30)15-9-13(2)22(32)31-12-15/h5-12,14,34H,4H2,1-3H3,(H,31,32). The first-order valence-corrected chi connectivity index (χ1v) is 11.5. The van der Waals surface area contributed by atoms with Crippen LogP contribution in [0, 0.1) is 6.92 Å². The number of esters is 1. The molecule has 1 heterocycles. The van der Waals surface area contributed by atoms with E-state index in [4.69, 9.17) is 32.7 Å². The van der Waals surface area contributed by atoms with Gasteiger partial charge >= 0.3 is 12.1 Å². The molecule has 0 aliphatic heterocycles. The number of nitrogens with one attached hydrogen (secondary N) is 1. The summed E-state index contributed by atoms with van der Waals surface area (Å²) in [4.78, 5) is 26.0. The van der Waals surface area contributed by atoms with Crippen molar-refractivity contribution in [3.63, 3.8) is 0 Å². The fourth-order valence-electron chi connectivity index (χ4n) is 3.69. The second-order valence-corrected chi connectivity index (χ2v) is 8.85. The van der Waals surface area contributed by atoms with E-state index < -0.39 is 34.8 Å². The van der Waals surface area contributed by atoms with Crippen molar-refractivity contribution in [2.45, 2.75) is 38.5 Å². The number of carbonyl (C=O) groups excluding carboxylic acids is 1. The summed E-state index contributed by atoms with van der Waals surface area (Å²) in [5, 5.41) is 11.1. The zero-order chi connectivity index (χ0) is 26.8. The number of alkyl halides is 3. The summed E-state index contributed by atoms with van der Waals surface area (Å²) < 4.78 is 53.6. The number of aromatic nitrogens is 1. The number of rotatable bonds is 7. The van der Waals surface area contributed by atoms with Gasteiger partial charge in [-0.1, -0.05) is 30.1 Å². The smallest absolute Gasteiger partial charge is 0.422 e. The Balaban J connectivity index is 2.03. The lowest BCUT2D eigenvalue weighted by atomic mass is 9.78. The van der Waals surface area contributed by atoms with Crippen LogP contribution in [0.1, 0.15) is 46.8 Å². The normalized spacial score (nSPS) is 14.1. The van der Waals surface area contributed by atoms with Crippen molar-refractivity contribution >= 4 is 29.2 Å². The zero-order valence-electron chi connectivity index (χ0n) is 19.4. The van der Waals surface area contributed by atoms with Gasteiger partial charge in [-0.3, -0.25) is 4.79 Å². The predicted molar refractivity (Wildman–Crippen MR) is 129 cm³/mol. The average molecular weight is 544 g/mol. The molecule has 0 radical (unpaired) electrons. The van der Waals surface area contributed by atoms with Crippen LogP contribution in [0.3, 0.4) is 0 Å². The maximum atomic E-state index is 14.3. The van der Waals surface area contributed by atoms with E-state index in [-0.39, 0.29) is 44.8 Å². The van der Waals surface area contributed by atoms with Gasteiger partial charge in [-0.15, -0.1) is 0 Å². The van der Waals surface area contributed by atoms with Crippen LogP contribution in [0.2, 0.25) is 10.0 Å².